The number of hydrogen-bond donors (Lipinski definition) is 1. The van der Waals surface area contributed by atoms with Gasteiger partial charge in [-0.3, -0.25) is 9.59 Å². The summed E-state index contributed by atoms with van der Waals surface area (Å²) in [7, 11) is 0. The quantitative estimate of drug-likeness (QED) is 0.908. The number of carbonyl (C=O) groups excluding carboxylic acids is 1. The fraction of sp³-hybridized carbons (Fsp3) is 0.368. The third-order valence-corrected chi connectivity index (χ3v) is 4.53. The maximum atomic E-state index is 13.2. The summed E-state index contributed by atoms with van der Waals surface area (Å²) in [6.07, 6.45) is 2.55. The van der Waals surface area contributed by atoms with Crippen LogP contribution in [0.25, 0.3) is 0 Å². The number of H-pyrrole nitrogens is 1. The van der Waals surface area contributed by atoms with Gasteiger partial charge in [0.15, 0.2) is 6.10 Å². The van der Waals surface area contributed by atoms with Gasteiger partial charge in [0.1, 0.15) is 11.4 Å². The minimum Gasteiger partial charge on any atom is -0.480 e. The van der Waals surface area contributed by atoms with Crippen LogP contribution < -0.4 is 15.2 Å². The minimum atomic E-state index is -0.691. The van der Waals surface area contributed by atoms with Gasteiger partial charge in [-0.15, -0.1) is 0 Å². The zero-order valence-electron chi connectivity index (χ0n) is 14.3. The van der Waals surface area contributed by atoms with Crippen LogP contribution in [0, 0.1) is 5.92 Å². The van der Waals surface area contributed by atoms with Crippen molar-refractivity contribution >= 4 is 23.2 Å². The monoisotopic (exact) mass is 360 g/mol. The average molecular weight is 361 g/mol. The SMILES string of the molecule is CC(C)C(Oc1cccc(Cl)c1)C(=O)N1CCCc2cc[nH]c(=O)c21. The van der Waals surface area contributed by atoms with Gasteiger partial charge in [0, 0.05) is 17.8 Å². The molecule has 132 valence electrons. The Balaban J connectivity index is 1.91. The van der Waals surface area contributed by atoms with E-state index in [0.29, 0.717) is 23.0 Å². The second kappa shape index (κ2) is 7.31. The molecule has 2 aromatic rings. The normalized spacial score (nSPS) is 15.0. The third-order valence-electron chi connectivity index (χ3n) is 4.29. The Morgan fingerprint density at radius 2 is 2.12 bits per heavy atom. The topological polar surface area (TPSA) is 62.4 Å². The van der Waals surface area contributed by atoms with Crippen molar-refractivity contribution in [2.45, 2.75) is 32.8 Å². The Morgan fingerprint density at radius 1 is 1.32 bits per heavy atom. The Morgan fingerprint density at radius 3 is 2.84 bits per heavy atom. The highest BCUT2D eigenvalue weighted by Crippen LogP contribution is 2.26. The number of carbonyl (C=O) groups is 1. The molecule has 25 heavy (non-hydrogen) atoms. The molecule has 0 saturated carbocycles. The number of aromatic amines is 1. The maximum Gasteiger partial charge on any atom is 0.272 e. The third kappa shape index (κ3) is 3.71. The molecule has 3 rings (SSSR count). The number of aryl methyl sites for hydroxylation is 1. The van der Waals surface area contributed by atoms with Gasteiger partial charge in [0.25, 0.3) is 11.5 Å². The second-order valence-corrected chi connectivity index (χ2v) is 6.95. The number of benzene rings is 1. The summed E-state index contributed by atoms with van der Waals surface area (Å²) in [5.74, 6) is 0.283. The molecule has 1 atom stereocenters. The van der Waals surface area contributed by atoms with E-state index >= 15 is 0 Å². The molecule has 1 aromatic carbocycles. The lowest BCUT2D eigenvalue weighted by Gasteiger charge is -2.32. The summed E-state index contributed by atoms with van der Waals surface area (Å²) in [6, 6.07) is 8.84. The molecule has 1 amide bonds. The van der Waals surface area contributed by atoms with Gasteiger partial charge >= 0.3 is 0 Å². The number of anilines is 1. The highest BCUT2D eigenvalue weighted by atomic mass is 35.5. The predicted octanol–water partition coefficient (Wildman–Crippen LogP) is 3.41. The number of amides is 1. The van der Waals surface area contributed by atoms with Crippen LogP contribution in [0.3, 0.4) is 0 Å². The lowest BCUT2D eigenvalue weighted by atomic mass is 10.0. The summed E-state index contributed by atoms with van der Waals surface area (Å²) in [5, 5.41) is 0.548. The fourth-order valence-corrected chi connectivity index (χ4v) is 3.26. The molecule has 0 radical (unpaired) electrons. The average Bonchev–Trinajstić information content (AvgIpc) is 2.59. The minimum absolute atomic E-state index is 0.0559. The maximum absolute atomic E-state index is 13.2. The smallest absolute Gasteiger partial charge is 0.272 e. The highest BCUT2D eigenvalue weighted by molar-refractivity contribution is 6.30. The van der Waals surface area contributed by atoms with Gasteiger partial charge in [-0.25, -0.2) is 0 Å². The van der Waals surface area contributed by atoms with E-state index in [9.17, 15) is 9.59 Å². The molecular weight excluding hydrogens is 340 g/mol. The first kappa shape index (κ1) is 17.5. The summed E-state index contributed by atoms with van der Waals surface area (Å²) in [4.78, 5) is 29.6. The fourth-order valence-electron chi connectivity index (χ4n) is 3.08. The number of hydrogen-bond acceptors (Lipinski definition) is 3. The Bertz CT molecular complexity index is 831. The van der Waals surface area contributed by atoms with Crippen molar-refractivity contribution in [3.63, 3.8) is 0 Å². The van der Waals surface area contributed by atoms with Crippen molar-refractivity contribution in [1.82, 2.24) is 4.98 Å². The van der Waals surface area contributed by atoms with Crippen LogP contribution >= 0.6 is 11.6 Å². The van der Waals surface area contributed by atoms with Crippen LogP contribution in [0.4, 0.5) is 5.69 Å². The summed E-state index contributed by atoms with van der Waals surface area (Å²) < 4.78 is 5.94. The molecule has 0 fully saturated rings. The molecule has 6 heteroatoms. The van der Waals surface area contributed by atoms with Crippen LogP contribution in [-0.4, -0.2) is 23.5 Å². The van der Waals surface area contributed by atoms with Crippen LogP contribution in [0.2, 0.25) is 5.02 Å². The number of nitrogens with zero attached hydrogens (tertiary/aromatic N) is 1. The number of nitrogens with one attached hydrogen (secondary N) is 1. The number of ether oxygens (including phenoxy) is 1. The molecule has 5 nitrogen and oxygen atoms in total. The first-order valence-corrected chi connectivity index (χ1v) is 8.79. The second-order valence-electron chi connectivity index (χ2n) is 6.51. The first-order valence-electron chi connectivity index (χ1n) is 8.41. The number of fused-ring (bicyclic) bond motifs is 1. The van der Waals surface area contributed by atoms with Crippen molar-refractivity contribution < 1.29 is 9.53 Å². The van der Waals surface area contributed by atoms with E-state index in [1.165, 1.54) is 0 Å². The molecule has 1 aromatic heterocycles. The van der Waals surface area contributed by atoms with E-state index in [1.54, 1.807) is 35.4 Å². The number of rotatable bonds is 4. The van der Waals surface area contributed by atoms with E-state index in [0.717, 1.165) is 18.4 Å². The molecule has 1 unspecified atom stereocenters. The standard InChI is InChI=1S/C19H21ClN2O3/c1-12(2)17(25-15-7-3-6-14(20)11-15)19(24)22-10-4-5-13-8-9-21-18(23)16(13)22/h3,6-9,11-12,17H,4-5,10H2,1-2H3,(H,21,23). The van der Waals surface area contributed by atoms with Gasteiger partial charge in [0.05, 0.1) is 0 Å². The largest absolute Gasteiger partial charge is 0.480 e. The van der Waals surface area contributed by atoms with E-state index in [1.807, 2.05) is 19.9 Å². The number of halogens is 1. The van der Waals surface area contributed by atoms with E-state index in [2.05, 4.69) is 4.98 Å². The number of pyridine rings is 1. The molecule has 1 aliphatic rings. The first-order chi connectivity index (χ1) is 12.0. The van der Waals surface area contributed by atoms with E-state index in [4.69, 9.17) is 16.3 Å². The van der Waals surface area contributed by atoms with Crippen molar-refractivity contribution in [1.29, 1.82) is 0 Å². The van der Waals surface area contributed by atoms with Gasteiger partial charge in [-0.05, 0) is 48.6 Å². The lowest BCUT2D eigenvalue weighted by Crippen LogP contribution is -2.48. The molecule has 0 spiro atoms. The molecule has 1 N–H and O–H groups in total. The molecule has 0 saturated heterocycles. The van der Waals surface area contributed by atoms with Crippen LogP contribution in [0.15, 0.2) is 41.3 Å². The van der Waals surface area contributed by atoms with Gasteiger partial charge < -0.3 is 14.6 Å². The predicted molar refractivity (Wildman–Crippen MR) is 98.4 cm³/mol. The highest BCUT2D eigenvalue weighted by Gasteiger charge is 2.33. The molecular formula is C19H21ClN2O3. The van der Waals surface area contributed by atoms with Crippen LogP contribution in [0.1, 0.15) is 25.8 Å². The Hall–Kier alpha value is -2.27. The number of aromatic nitrogens is 1. The van der Waals surface area contributed by atoms with E-state index in [-0.39, 0.29) is 17.4 Å². The van der Waals surface area contributed by atoms with Crippen molar-refractivity contribution in [3.05, 3.63) is 57.5 Å². The van der Waals surface area contributed by atoms with Crippen molar-refractivity contribution in [2.24, 2.45) is 5.92 Å². The summed E-state index contributed by atoms with van der Waals surface area (Å²) >= 11 is 6.00. The zero-order valence-corrected chi connectivity index (χ0v) is 15.0. The van der Waals surface area contributed by atoms with Crippen molar-refractivity contribution in [3.8, 4) is 5.75 Å². The Kier molecular flexibility index (Phi) is 5.13. The zero-order chi connectivity index (χ0) is 18.0. The van der Waals surface area contributed by atoms with E-state index < -0.39 is 6.10 Å². The van der Waals surface area contributed by atoms with Crippen LogP contribution in [0.5, 0.6) is 5.75 Å². The lowest BCUT2D eigenvalue weighted by molar-refractivity contribution is -0.127. The molecule has 0 bridgehead atoms. The van der Waals surface area contributed by atoms with Gasteiger partial charge in [0.2, 0.25) is 0 Å². The van der Waals surface area contributed by atoms with Gasteiger partial charge in [-0.2, -0.15) is 0 Å². The summed E-state index contributed by atoms with van der Waals surface area (Å²) in [5.41, 5.74) is 1.10. The van der Waals surface area contributed by atoms with Crippen molar-refractivity contribution in [2.75, 3.05) is 11.4 Å². The Labute approximate surface area is 151 Å². The molecule has 1 aliphatic heterocycles. The molecule has 2 heterocycles. The van der Waals surface area contributed by atoms with Crippen LogP contribution in [-0.2, 0) is 11.2 Å². The summed E-state index contributed by atoms with van der Waals surface area (Å²) in [6.45, 7) is 4.36. The molecule has 0 aliphatic carbocycles. The van der Waals surface area contributed by atoms with Gasteiger partial charge in [-0.1, -0.05) is 31.5 Å².